The normalized spacial score (nSPS) is 11.2. The third-order valence-electron chi connectivity index (χ3n) is 4.83. The number of carbonyl (C=O) groups is 1. The van der Waals surface area contributed by atoms with Gasteiger partial charge in [-0.1, -0.05) is 90.2 Å². The number of carboxylic acids is 1. The number of aryl methyl sites for hydroxylation is 1. The Morgan fingerprint density at radius 2 is 1.40 bits per heavy atom. The summed E-state index contributed by atoms with van der Waals surface area (Å²) in [5.74, 6) is -0.287. The minimum atomic E-state index is -1.07. The van der Waals surface area contributed by atoms with E-state index in [1.54, 1.807) is 6.07 Å². The summed E-state index contributed by atoms with van der Waals surface area (Å²) in [5.41, 5.74) is 0.757. The monoisotopic (exact) mass is 348 g/mol. The van der Waals surface area contributed by atoms with Gasteiger partial charge in [-0.3, -0.25) is 0 Å². The molecule has 0 unspecified atom stereocenters. The van der Waals surface area contributed by atoms with E-state index in [2.05, 4.69) is 13.8 Å². The van der Waals surface area contributed by atoms with Gasteiger partial charge in [-0.15, -0.1) is 0 Å². The van der Waals surface area contributed by atoms with E-state index in [0.29, 0.717) is 0 Å². The number of unbranched alkanes of at least 4 members (excludes halogenated alkanes) is 9. The lowest BCUT2D eigenvalue weighted by Crippen LogP contribution is -1.99. The van der Waals surface area contributed by atoms with Crippen molar-refractivity contribution in [1.29, 1.82) is 0 Å². The highest BCUT2D eigenvalue weighted by Crippen LogP contribution is 2.24. The van der Waals surface area contributed by atoms with E-state index in [1.807, 2.05) is 6.07 Å². The second kappa shape index (κ2) is 12.8. The fourth-order valence-electron chi connectivity index (χ4n) is 3.25. The van der Waals surface area contributed by atoms with Gasteiger partial charge in [0.1, 0.15) is 11.3 Å². The van der Waals surface area contributed by atoms with Crippen LogP contribution in [0.1, 0.15) is 100 Å². The van der Waals surface area contributed by atoms with Gasteiger partial charge in [-0.2, -0.15) is 0 Å². The molecule has 3 heteroatoms. The van der Waals surface area contributed by atoms with Crippen molar-refractivity contribution in [2.24, 2.45) is 5.92 Å². The number of aromatic hydroxyl groups is 1. The van der Waals surface area contributed by atoms with E-state index in [1.165, 1.54) is 63.9 Å². The smallest absolute Gasteiger partial charge is 0.339 e. The fraction of sp³-hybridized carbons (Fsp3) is 0.682. The number of benzene rings is 1. The predicted octanol–water partition coefficient (Wildman–Crippen LogP) is 6.58. The molecular formula is C22H36O3. The van der Waals surface area contributed by atoms with Crippen molar-refractivity contribution < 1.29 is 15.0 Å². The van der Waals surface area contributed by atoms with Gasteiger partial charge >= 0.3 is 5.97 Å². The molecular weight excluding hydrogens is 312 g/mol. The lowest BCUT2D eigenvalue weighted by Gasteiger charge is -2.07. The molecule has 0 heterocycles. The Morgan fingerprint density at radius 1 is 0.880 bits per heavy atom. The van der Waals surface area contributed by atoms with E-state index in [4.69, 9.17) is 5.11 Å². The van der Waals surface area contributed by atoms with Crippen LogP contribution in [0.15, 0.2) is 18.2 Å². The molecule has 0 aliphatic carbocycles. The van der Waals surface area contributed by atoms with Crippen LogP contribution >= 0.6 is 0 Å². The number of phenols is 1. The lowest BCUT2D eigenvalue weighted by molar-refractivity contribution is 0.0693. The zero-order valence-corrected chi connectivity index (χ0v) is 16.1. The highest BCUT2D eigenvalue weighted by atomic mass is 16.4. The minimum Gasteiger partial charge on any atom is -0.507 e. The molecule has 0 saturated carbocycles. The Labute approximate surface area is 153 Å². The van der Waals surface area contributed by atoms with Gasteiger partial charge in [0.15, 0.2) is 0 Å². The van der Waals surface area contributed by atoms with Crippen molar-refractivity contribution >= 4 is 5.97 Å². The Kier molecular flexibility index (Phi) is 11.0. The maximum atomic E-state index is 11.0. The first-order valence-corrected chi connectivity index (χ1v) is 10.1. The second-order valence-corrected chi connectivity index (χ2v) is 7.59. The molecule has 1 aromatic rings. The molecule has 0 fully saturated rings. The number of hydrogen-bond acceptors (Lipinski definition) is 2. The van der Waals surface area contributed by atoms with E-state index in [0.717, 1.165) is 30.7 Å². The van der Waals surface area contributed by atoms with E-state index >= 15 is 0 Å². The molecule has 142 valence electrons. The Balaban J connectivity index is 2.01. The van der Waals surface area contributed by atoms with Crippen LogP contribution in [0, 0.1) is 5.92 Å². The quantitative estimate of drug-likeness (QED) is 0.373. The third-order valence-corrected chi connectivity index (χ3v) is 4.83. The molecule has 0 radical (unpaired) electrons. The summed E-state index contributed by atoms with van der Waals surface area (Å²) in [5, 5.41) is 19.0. The van der Waals surface area contributed by atoms with E-state index in [-0.39, 0.29) is 11.3 Å². The molecule has 1 rings (SSSR count). The number of hydrogen-bond donors (Lipinski definition) is 2. The maximum absolute atomic E-state index is 11.0. The molecule has 1 aromatic carbocycles. The summed E-state index contributed by atoms with van der Waals surface area (Å²) < 4.78 is 0. The summed E-state index contributed by atoms with van der Waals surface area (Å²) in [6.07, 6.45) is 15.0. The molecule has 25 heavy (non-hydrogen) atoms. The van der Waals surface area contributed by atoms with Gasteiger partial charge in [0.2, 0.25) is 0 Å². The summed E-state index contributed by atoms with van der Waals surface area (Å²) >= 11 is 0. The molecule has 3 nitrogen and oxygen atoms in total. The van der Waals surface area contributed by atoms with Gasteiger partial charge in [-0.05, 0) is 30.4 Å². The van der Waals surface area contributed by atoms with Gasteiger partial charge in [0.05, 0.1) is 0 Å². The molecule has 0 saturated heterocycles. The molecule has 0 aliphatic rings. The van der Waals surface area contributed by atoms with E-state index in [9.17, 15) is 9.90 Å². The zero-order chi connectivity index (χ0) is 18.5. The van der Waals surface area contributed by atoms with Gasteiger partial charge in [0.25, 0.3) is 0 Å². The largest absolute Gasteiger partial charge is 0.507 e. The summed E-state index contributed by atoms with van der Waals surface area (Å²) in [6, 6.07) is 4.98. The summed E-state index contributed by atoms with van der Waals surface area (Å²) in [6.45, 7) is 4.59. The number of rotatable bonds is 14. The fourth-order valence-corrected chi connectivity index (χ4v) is 3.25. The van der Waals surface area contributed by atoms with Gasteiger partial charge in [-0.25, -0.2) is 4.79 Å². The standard InChI is InChI=1S/C22H36O3/c1-18(2)14-11-9-7-5-3-4-6-8-10-12-15-19-16-13-17-20(21(19)23)22(24)25/h13,16-18,23H,3-12,14-15H2,1-2H3,(H,24,25). The molecule has 0 bridgehead atoms. The minimum absolute atomic E-state index is 0.00546. The molecule has 2 N–H and O–H groups in total. The number of carboxylic acid groups (broad SMARTS) is 1. The first-order valence-electron chi connectivity index (χ1n) is 10.1. The lowest BCUT2D eigenvalue weighted by atomic mass is 10.0. The SMILES string of the molecule is CC(C)CCCCCCCCCCCCc1cccc(C(=O)O)c1O. The van der Waals surface area contributed by atoms with Crippen molar-refractivity contribution in [3.63, 3.8) is 0 Å². The zero-order valence-electron chi connectivity index (χ0n) is 16.1. The number of para-hydroxylation sites is 1. The van der Waals surface area contributed by atoms with Crippen molar-refractivity contribution in [3.05, 3.63) is 29.3 Å². The summed E-state index contributed by atoms with van der Waals surface area (Å²) in [4.78, 5) is 11.0. The molecule has 0 atom stereocenters. The van der Waals surface area contributed by atoms with Crippen LogP contribution in [-0.4, -0.2) is 16.2 Å². The van der Waals surface area contributed by atoms with Crippen LogP contribution in [0.2, 0.25) is 0 Å². The molecule has 0 spiro atoms. The van der Waals surface area contributed by atoms with Gasteiger partial charge in [0, 0.05) is 0 Å². The topological polar surface area (TPSA) is 57.5 Å². The van der Waals surface area contributed by atoms with Crippen LogP contribution < -0.4 is 0 Å². The van der Waals surface area contributed by atoms with E-state index < -0.39 is 5.97 Å². The average Bonchev–Trinajstić information content (AvgIpc) is 2.56. The van der Waals surface area contributed by atoms with Crippen LogP contribution in [0.4, 0.5) is 0 Å². The first kappa shape index (κ1) is 21.5. The predicted molar refractivity (Wildman–Crippen MR) is 104 cm³/mol. The Morgan fingerprint density at radius 3 is 1.92 bits per heavy atom. The highest BCUT2D eigenvalue weighted by Gasteiger charge is 2.12. The van der Waals surface area contributed by atoms with Crippen LogP contribution in [0.25, 0.3) is 0 Å². The molecule has 0 aromatic heterocycles. The first-order chi connectivity index (χ1) is 12.0. The summed E-state index contributed by atoms with van der Waals surface area (Å²) in [7, 11) is 0. The molecule has 0 amide bonds. The average molecular weight is 349 g/mol. The van der Waals surface area contributed by atoms with Crippen LogP contribution in [0.5, 0.6) is 5.75 Å². The third kappa shape index (κ3) is 9.52. The maximum Gasteiger partial charge on any atom is 0.339 e. The van der Waals surface area contributed by atoms with Crippen molar-refractivity contribution in [1.82, 2.24) is 0 Å². The second-order valence-electron chi connectivity index (χ2n) is 7.59. The van der Waals surface area contributed by atoms with Crippen LogP contribution in [-0.2, 0) is 6.42 Å². The van der Waals surface area contributed by atoms with Crippen molar-refractivity contribution in [2.45, 2.75) is 90.9 Å². The van der Waals surface area contributed by atoms with Crippen molar-refractivity contribution in [2.75, 3.05) is 0 Å². The van der Waals surface area contributed by atoms with Crippen LogP contribution in [0.3, 0.4) is 0 Å². The Bertz CT molecular complexity index is 494. The number of aromatic carboxylic acids is 1. The molecule has 0 aliphatic heterocycles. The Hall–Kier alpha value is -1.51. The van der Waals surface area contributed by atoms with Crippen molar-refractivity contribution in [3.8, 4) is 5.75 Å². The van der Waals surface area contributed by atoms with Gasteiger partial charge < -0.3 is 10.2 Å². The highest BCUT2D eigenvalue weighted by molar-refractivity contribution is 5.91.